The van der Waals surface area contributed by atoms with Gasteiger partial charge in [0.2, 0.25) is 0 Å². The van der Waals surface area contributed by atoms with Crippen LogP contribution in [0.2, 0.25) is 10.0 Å². The number of imide groups is 1. The molecule has 31 heavy (non-hydrogen) atoms. The minimum absolute atomic E-state index is 0.271. The van der Waals surface area contributed by atoms with Crippen molar-refractivity contribution in [2.45, 2.75) is 13.8 Å². The third-order valence-electron chi connectivity index (χ3n) is 5.20. The maximum absolute atomic E-state index is 13.7. The maximum Gasteiger partial charge on any atom is 0.282 e. The largest absolute Gasteiger partial charge is 0.337 e. The highest BCUT2D eigenvalue weighted by Gasteiger charge is 2.43. The van der Waals surface area contributed by atoms with Crippen molar-refractivity contribution >= 4 is 52.0 Å². The molecule has 0 N–H and O–H groups in total. The monoisotopic (exact) mass is 450 g/mol. The Bertz CT molecular complexity index is 1190. The molecule has 0 aliphatic carbocycles. The molecule has 1 aliphatic heterocycles. The van der Waals surface area contributed by atoms with E-state index in [1.807, 2.05) is 73.3 Å². The van der Waals surface area contributed by atoms with E-state index in [1.165, 1.54) is 6.07 Å². The Balaban J connectivity index is 1.93. The Hall–Kier alpha value is -3.08. The summed E-state index contributed by atoms with van der Waals surface area (Å²) >= 11 is 12.5. The number of hydrogen-bond acceptors (Lipinski definition) is 3. The van der Waals surface area contributed by atoms with Crippen LogP contribution in [0.5, 0.6) is 0 Å². The van der Waals surface area contributed by atoms with Crippen molar-refractivity contribution in [1.82, 2.24) is 0 Å². The molecule has 0 atom stereocenters. The number of likely N-dealkylation sites (N-methyl/N-ethyl adjacent to an activating group) is 1. The van der Waals surface area contributed by atoms with E-state index in [2.05, 4.69) is 0 Å². The van der Waals surface area contributed by atoms with E-state index in [9.17, 15) is 9.59 Å². The van der Waals surface area contributed by atoms with Gasteiger partial charge in [-0.25, -0.2) is 4.90 Å². The van der Waals surface area contributed by atoms with Crippen LogP contribution < -0.4 is 9.80 Å². The molecule has 0 saturated heterocycles. The van der Waals surface area contributed by atoms with Gasteiger partial charge in [0.25, 0.3) is 11.8 Å². The molecule has 0 radical (unpaired) electrons. The van der Waals surface area contributed by atoms with Crippen LogP contribution in [0.4, 0.5) is 11.4 Å². The summed E-state index contributed by atoms with van der Waals surface area (Å²) in [5.74, 6) is -0.863. The number of rotatable bonds is 5. The van der Waals surface area contributed by atoms with Crippen LogP contribution in [0, 0.1) is 6.92 Å². The summed E-state index contributed by atoms with van der Waals surface area (Å²) < 4.78 is 0. The molecule has 3 aromatic carbocycles. The fourth-order valence-corrected chi connectivity index (χ4v) is 4.07. The standard InChI is InChI=1S/C25H20Cl2N2O2/c1-3-28(19-7-5-4-6-8-19)23-22(17-11-9-16(2)10-12-17)24(30)29(25(23)31)21-15-18(26)13-14-20(21)27/h4-15H,3H2,1-2H3. The van der Waals surface area contributed by atoms with Crippen LogP contribution in [-0.2, 0) is 9.59 Å². The fourth-order valence-electron chi connectivity index (χ4n) is 3.70. The zero-order valence-electron chi connectivity index (χ0n) is 17.1. The van der Waals surface area contributed by atoms with Gasteiger partial charge in [-0.05, 0) is 49.7 Å². The zero-order chi connectivity index (χ0) is 22.1. The van der Waals surface area contributed by atoms with Crippen LogP contribution in [0.1, 0.15) is 18.1 Å². The Kier molecular flexibility index (Phi) is 5.86. The number of nitrogens with zero attached hydrogens (tertiary/aromatic N) is 2. The first-order valence-corrected chi connectivity index (χ1v) is 10.7. The molecule has 4 nitrogen and oxygen atoms in total. The topological polar surface area (TPSA) is 40.6 Å². The first kappa shape index (κ1) is 21.2. The van der Waals surface area contributed by atoms with Gasteiger partial charge in [-0.2, -0.15) is 0 Å². The number of aryl methyl sites for hydroxylation is 1. The predicted molar refractivity (Wildman–Crippen MR) is 127 cm³/mol. The number of carbonyl (C=O) groups excluding carboxylic acids is 2. The molecule has 4 rings (SSSR count). The normalized spacial score (nSPS) is 13.9. The molecule has 1 heterocycles. The van der Waals surface area contributed by atoms with Gasteiger partial charge in [-0.1, -0.05) is 71.2 Å². The van der Waals surface area contributed by atoms with E-state index >= 15 is 0 Å². The van der Waals surface area contributed by atoms with Gasteiger partial charge in [0.1, 0.15) is 5.70 Å². The van der Waals surface area contributed by atoms with Crippen LogP contribution in [0.15, 0.2) is 78.5 Å². The molecular weight excluding hydrogens is 431 g/mol. The summed E-state index contributed by atoms with van der Waals surface area (Å²) in [6, 6.07) is 21.8. The Morgan fingerprint density at radius 2 is 1.55 bits per heavy atom. The van der Waals surface area contributed by atoms with Gasteiger partial charge in [0.15, 0.2) is 0 Å². The number of anilines is 2. The van der Waals surface area contributed by atoms with Gasteiger partial charge >= 0.3 is 0 Å². The van der Waals surface area contributed by atoms with Crippen LogP contribution in [0.25, 0.3) is 5.57 Å². The molecule has 6 heteroatoms. The minimum atomic E-state index is -0.435. The van der Waals surface area contributed by atoms with Crippen molar-refractivity contribution in [3.8, 4) is 0 Å². The maximum atomic E-state index is 13.7. The van der Waals surface area contributed by atoms with Gasteiger partial charge in [0.05, 0.1) is 16.3 Å². The predicted octanol–water partition coefficient (Wildman–Crippen LogP) is 6.11. The van der Waals surface area contributed by atoms with E-state index < -0.39 is 11.8 Å². The molecule has 0 bridgehead atoms. The highest BCUT2D eigenvalue weighted by Crippen LogP contribution is 2.39. The highest BCUT2D eigenvalue weighted by molar-refractivity contribution is 6.48. The van der Waals surface area contributed by atoms with E-state index in [-0.39, 0.29) is 10.7 Å². The second-order valence-electron chi connectivity index (χ2n) is 7.21. The lowest BCUT2D eigenvalue weighted by atomic mass is 10.0. The molecular formula is C25H20Cl2N2O2. The lowest BCUT2D eigenvalue weighted by Gasteiger charge is -2.25. The molecule has 0 aromatic heterocycles. The number of para-hydroxylation sites is 1. The van der Waals surface area contributed by atoms with Crippen molar-refractivity contribution in [2.24, 2.45) is 0 Å². The first-order valence-electron chi connectivity index (χ1n) is 9.90. The summed E-state index contributed by atoms with van der Waals surface area (Å²) in [6.07, 6.45) is 0. The molecule has 3 aromatic rings. The van der Waals surface area contributed by atoms with Crippen molar-refractivity contribution in [1.29, 1.82) is 0 Å². The lowest BCUT2D eigenvalue weighted by molar-refractivity contribution is -0.120. The third kappa shape index (κ3) is 3.85. The third-order valence-corrected chi connectivity index (χ3v) is 5.76. The average molecular weight is 451 g/mol. The summed E-state index contributed by atoms with van der Waals surface area (Å²) in [7, 11) is 0. The fraction of sp³-hybridized carbons (Fsp3) is 0.120. The van der Waals surface area contributed by atoms with Crippen molar-refractivity contribution in [3.05, 3.63) is 99.7 Å². The van der Waals surface area contributed by atoms with E-state index in [1.54, 1.807) is 12.1 Å². The summed E-state index contributed by atoms with van der Waals surface area (Å²) in [5, 5.41) is 0.666. The molecule has 2 amide bonds. The molecule has 0 fully saturated rings. The smallest absolute Gasteiger partial charge is 0.282 e. The first-order chi connectivity index (χ1) is 14.9. The summed E-state index contributed by atoms with van der Waals surface area (Å²) in [5.41, 5.74) is 3.49. The van der Waals surface area contributed by atoms with E-state index in [0.29, 0.717) is 28.4 Å². The average Bonchev–Trinajstić information content (AvgIpc) is 3.02. The molecule has 0 unspecified atom stereocenters. The van der Waals surface area contributed by atoms with Crippen molar-refractivity contribution in [2.75, 3.05) is 16.3 Å². The van der Waals surface area contributed by atoms with Gasteiger partial charge in [-0.15, -0.1) is 0 Å². The quantitative estimate of drug-likeness (QED) is 0.440. The Morgan fingerprint density at radius 3 is 2.19 bits per heavy atom. The van der Waals surface area contributed by atoms with Crippen LogP contribution in [0.3, 0.4) is 0 Å². The Morgan fingerprint density at radius 1 is 0.871 bits per heavy atom. The summed E-state index contributed by atoms with van der Waals surface area (Å²) in [6.45, 7) is 4.42. The summed E-state index contributed by atoms with van der Waals surface area (Å²) in [4.78, 5) is 30.3. The number of hydrogen-bond donors (Lipinski definition) is 0. The van der Waals surface area contributed by atoms with E-state index in [0.717, 1.165) is 16.2 Å². The molecule has 0 saturated carbocycles. The highest BCUT2D eigenvalue weighted by atomic mass is 35.5. The Labute approximate surface area is 191 Å². The zero-order valence-corrected chi connectivity index (χ0v) is 18.6. The molecule has 1 aliphatic rings. The van der Waals surface area contributed by atoms with Crippen molar-refractivity contribution < 1.29 is 9.59 Å². The van der Waals surface area contributed by atoms with Crippen LogP contribution in [-0.4, -0.2) is 18.4 Å². The van der Waals surface area contributed by atoms with Gasteiger partial charge in [0, 0.05) is 17.3 Å². The second kappa shape index (κ2) is 8.58. The number of halogens is 2. The molecule has 156 valence electrons. The number of carbonyl (C=O) groups is 2. The second-order valence-corrected chi connectivity index (χ2v) is 8.05. The lowest BCUT2D eigenvalue weighted by Crippen LogP contribution is -2.35. The van der Waals surface area contributed by atoms with Crippen molar-refractivity contribution in [3.63, 3.8) is 0 Å². The van der Waals surface area contributed by atoms with E-state index in [4.69, 9.17) is 23.2 Å². The van der Waals surface area contributed by atoms with Gasteiger partial charge in [-0.3, -0.25) is 9.59 Å². The number of amides is 2. The van der Waals surface area contributed by atoms with Gasteiger partial charge < -0.3 is 4.90 Å². The molecule has 0 spiro atoms. The minimum Gasteiger partial charge on any atom is -0.337 e. The SMILES string of the molecule is CCN(C1=C(c2ccc(C)cc2)C(=O)N(c2cc(Cl)ccc2Cl)C1=O)c1ccccc1. The number of benzene rings is 3. The van der Waals surface area contributed by atoms with Crippen LogP contribution >= 0.6 is 23.2 Å².